The van der Waals surface area contributed by atoms with Gasteiger partial charge in [0, 0.05) is 7.05 Å². The quantitative estimate of drug-likeness (QED) is 0.803. The predicted molar refractivity (Wildman–Crippen MR) is 66.1 cm³/mol. The van der Waals surface area contributed by atoms with E-state index in [1.807, 2.05) is 5.48 Å². The van der Waals surface area contributed by atoms with E-state index in [9.17, 15) is 26.2 Å². The van der Waals surface area contributed by atoms with Gasteiger partial charge in [0.05, 0.1) is 0 Å². The Hall–Kier alpha value is -1.76. The lowest BCUT2D eigenvalue weighted by atomic mass is 10.1. The van der Waals surface area contributed by atoms with Gasteiger partial charge in [0.15, 0.2) is 21.7 Å². The lowest BCUT2D eigenvalue weighted by Gasteiger charge is -2.14. The maximum atomic E-state index is 14.3. The molecule has 0 aromatic carbocycles. The van der Waals surface area contributed by atoms with Gasteiger partial charge in [-0.2, -0.15) is 22.4 Å². The van der Waals surface area contributed by atoms with E-state index in [0.717, 1.165) is 7.05 Å². The third-order valence-corrected chi connectivity index (χ3v) is 4.00. The Kier molecular flexibility index (Phi) is 4.36. The largest absolute Gasteiger partial charge is 0.413 e. The maximum absolute atomic E-state index is 14.3. The minimum absolute atomic E-state index is 0.533. The SMILES string of the molecule is Cn1nc(OC(F)F)c(C(F)(F)S(=O)C2=C(F)C(C)(C)ON2)n1. The molecule has 1 aromatic rings. The highest BCUT2D eigenvalue weighted by Gasteiger charge is 2.52. The summed E-state index contributed by atoms with van der Waals surface area (Å²) >= 11 is 0. The maximum Gasteiger partial charge on any atom is 0.388 e. The molecule has 0 bridgehead atoms. The number of aromatic nitrogens is 3. The number of nitrogens with one attached hydrogen (secondary N) is 1. The summed E-state index contributed by atoms with van der Waals surface area (Å²) in [5, 5.41) is 1.00. The molecule has 0 radical (unpaired) electrons. The molecule has 1 atom stereocenters. The highest BCUT2D eigenvalue weighted by atomic mass is 32.2. The van der Waals surface area contributed by atoms with Crippen LogP contribution in [0.4, 0.5) is 22.0 Å². The van der Waals surface area contributed by atoms with Crippen LogP contribution in [0.15, 0.2) is 10.9 Å². The minimum atomic E-state index is -4.36. The monoisotopic (exact) mass is 362 g/mol. The number of nitrogens with zero attached hydrogens (tertiary/aromatic N) is 3. The summed E-state index contributed by atoms with van der Waals surface area (Å²) in [6, 6.07) is 0. The van der Waals surface area contributed by atoms with Crippen LogP contribution >= 0.6 is 0 Å². The van der Waals surface area contributed by atoms with E-state index in [1.165, 1.54) is 13.8 Å². The molecule has 1 N–H and O–H groups in total. The highest BCUT2D eigenvalue weighted by molar-refractivity contribution is 7.89. The standard InChI is InChI=1S/C10H11F5N4O3S/c1-9(2)4(11)7(18-22-9)23(20)10(14,15)5-6(21-8(12)13)17-19(3)16-5/h8,18H,1-3H3. The van der Waals surface area contributed by atoms with Crippen molar-refractivity contribution in [3.63, 3.8) is 0 Å². The van der Waals surface area contributed by atoms with Crippen LogP contribution in [-0.4, -0.2) is 31.4 Å². The summed E-state index contributed by atoms with van der Waals surface area (Å²) < 4.78 is 82.9. The van der Waals surface area contributed by atoms with Gasteiger partial charge in [0.25, 0.3) is 5.88 Å². The Labute approximate surface area is 128 Å². The van der Waals surface area contributed by atoms with Crippen molar-refractivity contribution in [2.45, 2.75) is 31.3 Å². The molecule has 2 heterocycles. The molecule has 1 aliphatic rings. The number of rotatable bonds is 5. The van der Waals surface area contributed by atoms with E-state index in [0.29, 0.717) is 4.80 Å². The first-order chi connectivity index (χ1) is 10.5. The third kappa shape index (κ3) is 3.15. The fourth-order valence-electron chi connectivity index (χ4n) is 1.61. The summed E-state index contributed by atoms with van der Waals surface area (Å²) in [5.41, 5.74) is -1.20. The predicted octanol–water partition coefficient (Wildman–Crippen LogP) is 1.67. The molecular weight excluding hydrogens is 351 g/mol. The minimum Gasteiger partial charge on any atom is -0.413 e. The molecule has 0 saturated carbocycles. The van der Waals surface area contributed by atoms with Gasteiger partial charge in [0.2, 0.25) is 5.69 Å². The van der Waals surface area contributed by atoms with Gasteiger partial charge in [-0.05, 0) is 13.8 Å². The lowest BCUT2D eigenvalue weighted by molar-refractivity contribution is -0.0562. The van der Waals surface area contributed by atoms with E-state index in [4.69, 9.17) is 4.84 Å². The van der Waals surface area contributed by atoms with Crippen molar-refractivity contribution in [1.29, 1.82) is 0 Å². The average molecular weight is 362 g/mol. The third-order valence-electron chi connectivity index (χ3n) is 2.70. The molecule has 0 spiro atoms. The zero-order valence-electron chi connectivity index (χ0n) is 11.9. The zero-order chi connectivity index (χ0) is 17.6. The molecule has 130 valence electrons. The van der Waals surface area contributed by atoms with Gasteiger partial charge >= 0.3 is 11.9 Å². The number of hydrogen-bond donors (Lipinski definition) is 1. The highest BCUT2D eigenvalue weighted by Crippen LogP contribution is 2.41. The molecule has 23 heavy (non-hydrogen) atoms. The van der Waals surface area contributed by atoms with Crippen molar-refractivity contribution in [3.05, 3.63) is 16.5 Å². The van der Waals surface area contributed by atoms with E-state index in [2.05, 4.69) is 14.9 Å². The van der Waals surface area contributed by atoms with E-state index >= 15 is 0 Å². The van der Waals surface area contributed by atoms with Gasteiger partial charge in [-0.3, -0.25) is 10.3 Å². The Morgan fingerprint density at radius 1 is 1.39 bits per heavy atom. The second-order valence-electron chi connectivity index (χ2n) is 4.86. The van der Waals surface area contributed by atoms with E-state index in [-0.39, 0.29) is 0 Å². The van der Waals surface area contributed by atoms with Crippen molar-refractivity contribution in [3.8, 4) is 5.88 Å². The Balaban J connectivity index is 2.43. The first kappa shape index (κ1) is 17.6. The summed E-state index contributed by atoms with van der Waals surface area (Å²) in [7, 11) is -2.28. The molecule has 1 aromatic heterocycles. The van der Waals surface area contributed by atoms with Crippen LogP contribution in [-0.2, 0) is 27.9 Å². The van der Waals surface area contributed by atoms with Crippen LogP contribution in [0, 0.1) is 0 Å². The average Bonchev–Trinajstić information content (AvgIpc) is 2.90. The van der Waals surface area contributed by atoms with Crippen molar-refractivity contribution >= 4 is 10.8 Å². The summed E-state index contributed by atoms with van der Waals surface area (Å²) in [4.78, 5) is 5.23. The van der Waals surface area contributed by atoms with Gasteiger partial charge in [-0.1, -0.05) is 0 Å². The molecule has 0 amide bonds. The van der Waals surface area contributed by atoms with Crippen LogP contribution in [0.1, 0.15) is 19.5 Å². The van der Waals surface area contributed by atoms with Gasteiger partial charge < -0.3 is 4.74 Å². The Bertz CT molecular complexity index is 675. The smallest absolute Gasteiger partial charge is 0.388 e. The number of hydrogen-bond acceptors (Lipinski definition) is 6. The van der Waals surface area contributed by atoms with Crippen LogP contribution in [0.2, 0.25) is 0 Å². The van der Waals surface area contributed by atoms with Crippen LogP contribution in [0.3, 0.4) is 0 Å². The molecule has 1 aliphatic heterocycles. The molecule has 0 fully saturated rings. The molecule has 2 rings (SSSR count). The van der Waals surface area contributed by atoms with Gasteiger partial charge in [-0.25, -0.2) is 8.60 Å². The van der Waals surface area contributed by atoms with Crippen molar-refractivity contribution in [2.75, 3.05) is 0 Å². The topological polar surface area (TPSA) is 78.3 Å². The van der Waals surface area contributed by atoms with Crippen LogP contribution in [0.5, 0.6) is 5.88 Å². The summed E-state index contributed by atoms with van der Waals surface area (Å²) in [6.45, 7) is -1.02. The lowest BCUT2D eigenvalue weighted by Crippen LogP contribution is -2.28. The van der Waals surface area contributed by atoms with Crippen molar-refractivity contribution in [2.24, 2.45) is 7.05 Å². The normalized spacial score (nSPS) is 19.2. The van der Waals surface area contributed by atoms with Crippen LogP contribution in [0.25, 0.3) is 0 Å². The van der Waals surface area contributed by atoms with Gasteiger partial charge in [0.1, 0.15) is 5.60 Å². The second kappa shape index (κ2) is 5.70. The number of aryl methyl sites for hydroxylation is 1. The number of hydroxylamine groups is 1. The molecule has 0 aliphatic carbocycles. The van der Waals surface area contributed by atoms with E-state index in [1.54, 1.807) is 0 Å². The molecule has 13 heteroatoms. The van der Waals surface area contributed by atoms with Crippen LogP contribution < -0.4 is 10.2 Å². The summed E-state index contributed by atoms with van der Waals surface area (Å²) in [5.74, 6) is -2.42. The fraction of sp³-hybridized carbons (Fsp3) is 0.600. The molecular formula is C10H11F5N4O3S. The summed E-state index contributed by atoms with van der Waals surface area (Å²) in [6.07, 6.45) is 0. The molecule has 0 saturated heterocycles. The van der Waals surface area contributed by atoms with Crippen molar-refractivity contribution in [1.82, 2.24) is 20.5 Å². The first-order valence-electron chi connectivity index (χ1n) is 5.97. The Morgan fingerprint density at radius 2 is 2.00 bits per heavy atom. The first-order valence-corrected chi connectivity index (χ1v) is 7.12. The molecule has 7 nitrogen and oxygen atoms in total. The number of ether oxygens (including phenoxy) is 1. The zero-order valence-corrected chi connectivity index (χ0v) is 12.8. The molecule has 1 unspecified atom stereocenters. The van der Waals surface area contributed by atoms with E-state index < -0.39 is 50.7 Å². The Morgan fingerprint density at radius 3 is 2.48 bits per heavy atom. The number of alkyl halides is 4. The van der Waals surface area contributed by atoms with Crippen molar-refractivity contribution < 1.29 is 35.7 Å². The fourth-order valence-corrected chi connectivity index (χ4v) is 2.69. The second-order valence-corrected chi connectivity index (χ2v) is 6.32. The van der Waals surface area contributed by atoms with Gasteiger partial charge in [-0.15, -0.1) is 10.2 Å². The number of halogens is 5.